The molecule has 4 nitrogen and oxygen atoms in total. The maximum absolute atomic E-state index is 5.13. The minimum atomic E-state index is 0.749. The van der Waals surface area contributed by atoms with Crippen LogP contribution in [0.4, 0.5) is 5.69 Å². The molecule has 0 saturated heterocycles. The first kappa shape index (κ1) is 16.4. The third-order valence-corrected chi connectivity index (χ3v) is 3.53. The van der Waals surface area contributed by atoms with Gasteiger partial charge in [-0.05, 0) is 28.1 Å². The van der Waals surface area contributed by atoms with Gasteiger partial charge in [0, 0.05) is 50.6 Å². The molecule has 19 heavy (non-hydrogen) atoms. The van der Waals surface area contributed by atoms with Crippen LogP contribution in [-0.4, -0.2) is 58.5 Å². The molecule has 5 heteroatoms. The van der Waals surface area contributed by atoms with Crippen LogP contribution in [0.2, 0.25) is 0 Å². The average molecular weight is 331 g/mol. The van der Waals surface area contributed by atoms with E-state index in [4.69, 9.17) is 9.47 Å². The van der Waals surface area contributed by atoms with Crippen molar-refractivity contribution in [2.24, 2.45) is 0 Å². The van der Waals surface area contributed by atoms with Crippen molar-refractivity contribution in [3.8, 4) is 0 Å². The largest absolute Gasteiger partial charge is 0.383 e. The van der Waals surface area contributed by atoms with Crippen LogP contribution < -0.4 is 5.32 Å². The van der Waals surface area contributed by atoms with Crippen molar-refractivity contribution in [3.05, 3.63) is 28.7 Å². The molecule has 0 bridgehead atoms. The zero-order valence-electron chi connectivity index (χ0n) is 11.7. The number of ether oxygens (including phenoxy) is 2. The minimum Gasteiger partial charge on any atom is -0.383 e. The van der Waals surface area contributed by atoms with E-state index in [0.29, 0.717) is 0 Å². The maximum atomic E-state index is 5.13. The molecule has 1 N–H and O–H groups in total. The average Bonchev–Trinajstić information content (AvgIpc) is 2.43. The van der Waals surface area contributed by atoms with Gasteiger partial charge in [0.15, 0.2) is 0 Å². The summed E-state index contributed by atoms with van der Waals surface area (Å²) in [6, 6.07) is 8.15. The number of para-hydroxylation sites is 1. The molecule has 0 amide bonds. The molecule has 1 aromatic rings. The van der Waals surface area contributed by atoms with Gasteiger partial charge in [-0.25, -0.2) is 0 Å². The van der Waals surface area contributed by atoms with Gasteiger partial charge in [-0.2, -0.15) is 0 Å². The number of nitrogens with one attached hydrogen (secondary N) is 1. The lowest BCUT2D eigenvalue weighted by atomic mass is 10.3. The number of benzene rings is 1. The Hall–Kier alpha value is -0.620. The van der Waals surface area contributed by atoms with Crippen LogP contribution in [0.5, 0.6) is 0 Å². The lowest BCUT2D eigenvalue weighted by Crippen LogP contribution is -2.34. The Morgan fingerprint density at radius 2 is 1.68 bits per heavy atom. The van der Waals surface area contributed by atoms with Crippen LogP contribution >= 0.6 is 15.9 Å². The van der Waals surface area contributed by atoms with E-state index in [9.17, 15) is 0 Å². The fraction of sp³-hybridized carbons (Fsp3) is 0.571. The lowest BCUT2D eigenvalue weighted by Gasteiger charge is -2.22. The molecule has 0 aliphatic carbocycles. The van der Waals surface area contributed by atoms with Gasteiger partial charge in [0.2, 0.25) is 0 Å². The van der Waals surface area contributed by atoms with Crippen molar-refractivity contribution in [2.75, 3.05) is 58.9 Å². The molecule has 0 saturated carbocycles. The summed E-state index contributed by atoms with van der Waals surface area (Å²) in [6.07, 6.45) is 0. The second-order valence-electron chi connectivity index (χ2n) is 4.23. The van der Waals surface area contributed by atoms with Gasteiger partial charge in [-0.1, -0.05) is 12.1 Å². The van der Waals surface area contributed by atoms with Crippen LogP contribution in [-0.2, 0) is 9.47 Å². The number of nitrogens with zero attached hydrogens (tertiary/aromatic N) is 1. The SMILES string of the molecule is COCCN(CCNc1ccccc1Br)CCOC. The molecular weight excluding hydrogens is 308 g/mol. The Morgan fingerprint density at radius 1 is 1.05 bits per heavy atom. The van der Waals surface area contributed by atoms with E-state index >= 15 is 0 Å². The molecule has 0 aromatic heterocycles. The molecule has 0 radical (unpaired) electrons. The van der Waals surface area contributed by atoms with E-state index in [2.05, 4.69) is 32.2 Å². The van der Waals surface area contributed by atoms with Crippen molar-refractivity contribution in [1.82, 2.24) is 4.90 Å². The zero-order chi connectivity index (χ0) is 13.9. The van der Waals surface area contributed by atoms with Crippen LogP contribution in [0, 0.1) is 0 Å². The predicted molar refractivity (Wildman–Crippen MR) is 82.8 cm³/mol. The van der Waals surface area contributed by atoms with Crippen LogP contribution in [0.25, 0.3) is 0 Å². The summed E-state index contributed by atoms with van der Waals surface area (Å²) in [7, 11) is 3.46. The van der Waals surface area contributed by atoms with Gasteiger partial charge < -0.3 is 14.8 Å². The molecule has 0 spiro atoms. The Kier molecular flexibility index (Phi) is 8.82. The fourth-order valence-corrected chi connectivity index (χ4v) is 2.15. The normalized spacial score (nSPS) is 10.9. The molecule has 1 aromatic carbocycles. The first-order valence-corrected chi connectivity index (χ1v) is 7.26. The zero-order valence-corrected chi connectivity index (χ0v) is 13.3. The summed E-state index contributed by atoms with van der Waals surface area (Å²) in [5.74, 6) is 0. The predicted octanol–water partition coefficient (Wildman–Crippen LogP) is 2.46. The van der Waals surface area contributed by atoms with Gasteiger partial charge >= 0.3 is 0 Å². The molecule has 108 valence electrons. The Morgan fingerprint density at radius 3 is 2.26 bits per heavy atom. The second kappa shape index (κ2) is 10.2. The van der Waals surface area contributed by atoms with E-state index in [1.165, 1.54) is 0 Å². The van der Waals surface area contributed by atoms with Gasteiger partial charge in [0.1, 0.15) is 0 Å². The summed E-state index contributed by atoms with van der Waals surface area (Å²) in [4.78, 5) is 2.33. The van der Waals surface area contributed by atoms with Crippen LogP contribution in [0.15, 0.2) is 28.7 Å². The first-order chi connectivity index (χ1) is 9.27. The Labute approximate surface area is 124 Å². The Balaban J connectivity index is 2.32. The van der Waals surface area contributed by atoms with E-state index in [1.54, 1.807) is 14.2 Å². The van der Waals surface area contributed by atoms with Crippen molar-refractivity contribution in [3.63, 3.8) is 0 Å². The molecule has 0 atom stereocenters. The Bertz CT molecular complexity index is 342. The number of hydrogen-bond donors (Lipinski definition) is 1. The number of halogens is 1. The fourth-order valence-electron chi connectivity index (χ4n) is 1.73. The summed E-state index contributed by atoms with van der Waals surface area (Å²) < 4.78 is 11.3. The van der Waals surface area contributed by atoms with Crippen molar-refractivity contribution >= 4 is 21.6 Å². The maximum Gasteiger partial charge on any atom is 0.0589 e. The third-order valence-electron chi connectivity index (χ3n) is 2.84. The molecule has 0 aliphatic heterocycles. The van der Waals surface area contributed by atoms with Gasteiger partial charge in [0.25, 0.3) is 0 Å². The minimum absolute atomic E-state index is 0.749. The molecule has 1 rings (SSSR count). The van der Waals surface area contributed by atoms with Gasteiger partial charge in [0.05, 0.1) is 13.2 Å². The number of hydrogen-bond acceptors (Lipinski definition) is 4. The van der Waals surface area contributed by atoms with E-state index in [-0.39, 0.29) is 0 Å². The highest BCUT2D eigenvalue weighted by Gasteiger charge is 2.04. The van der Waals surface area contributed by atoms with Crippen LogP contribution in [0.1, 0.15) is 0 Å². The molecule has 0 heterocycles. The monoisotopic (exact) mass is 330 g/mol. The molecule has 0 unspecified atom stereocenters. The van der Waals surface area contributed by atoms with E-state index < -0.39 is 0 Å². The molecular formula is C14H23BrN2O2. The molecule has 0 aliphatic rings. The summed E-state index contributed by atoms with van der Waals surface area (Å²) in [6.45, 7) is 5.22. The highest BCUT2D eigenvalue weighted by atomic mass is 79.9. The summed E-state index contributed by atoms with van der Waals surface area (Å²) >= 11 is 3.53. The number of methoxy groups -OCH3 is 2. The highest BCUT2D eigenvalue weighted by molar-refractivity contribution is 9.10. The topological polar surface area (TPSA) is 33.7 Å². The smallest absolute Gasteiger partial charge is 0.0589 e. The van der Waals surface area contributed by atoms with Gasteiger partial charge in [-0.15, -0.1) is 0 Å². The van der Waals surface area contributed by atoms with Crippen molar-refractivity contribution in [1.29, 1.82) is 0 Å². The standard InChI is InChI=1S/C14H23BrN2O2/c1-18-11-9-17(10-12-19-2)8-7-16-14-6-4-3-5-13(14)15/h3-6,16H,7-12H2,1-2H3. The lowest BCUT2D eigenvalue weighted by molar-refractivity contribution is 0.116. The van der Waals surface area contributed by atoms with Crippen LogP contribution in [0.3, 0.4) is 0 Å². The molecule has 0 fully saturated rings. The summed E-state index contributed by atoms with van der Waals surface area (Å²) in [5, 5.41) is 3.43. The number of anilines is 1. The number of rotatable bonds is 10. The second-order valence-corrected chi connectivity index (χ2v) is 5.09. The van der Waals surface area contributed by atoms with Crippen molar-refractivity contribution < 1.29 is 9.47 Å². The third kappa shape index (κ3) is 6.92. The quantitative estimate of drug-likeness (QED) is 0.714. The van der Waals surface area contributed by atoms with Crippen molar-refractivity contribution in [2.45, 2.75) is 0 Å². The summed E-state index contributed by atoms with van der Waals surface area (Å²) in [5.41, 5.74) is 1.13. The van der Waals surface area contributed by atoms with E-state index in [0.717, 1.165) is 49.6 Å². The first-order valence-electron chi connectivity index (χ1n) is 6.46. The van der Waals surface area contributed by atoms with Gasteiger partial charge in [-0.3, -0.25) is 4.90 Å². The highest BCUT2D eigenvalue weighted by Crippen LogP contribution is 2.20. The van der Waals surface area contributed by atoms with E-state index in [1.807, 2.05) is 18.2 Å².